The SMILES string of the molecule is Cc1cc(Br)cc(C(=N)N)c1.Cl. The van der Waals surface area contributed by atoms with Gasteiger partial charge >= 0.3 is 0 Å². The van der Waals surface area contributed by atoms with E-state index in [1.807, 2.05) is 25.1 Å². The third-order valence-corrected chi connectivity index (χ3v) is 1.81. The lowest BCUT2D eigenvalue weighted by Gasteiger charge is -2.00. The zero-order chi connectivity index (χ0) is 8.43. The molecule has 0 bridgehead atoms. The molecule has 0 aromatic heterocycles. The van der Waals surface area contributed by atoms with Crippen molar-refractivity contribution >= 4 is 34.2 Å². The summed E-state index contributed by atoms with van der Waals surface area (Å²) in [5, 5.41) is 7.19. The highest BCUT2D eigenvalue weighted by Crippen LogP contribution is 2.14. The number of hydrogen-bond donors (Lipinski definition) is 2. The molecule has 3 N–H and O–H groups in total. The largest absolute Gasteiger partial charge is 0.384 e. The fraction of sp³-hybridized carbons (Fsp3) is 0.125. The standard InChI is InChI=1S/C8H9BrN2.ClH/c1-5-2-6(8(10)11)4-7(9)3-5;/h2-4H,1H3,(H3,10,11);1H. The van der Waals surface area contributed by atoms with Gasteiger partial charge in [0, 0.05) is 10.0 Å². The molecule has 1 rings (SSSR count). The van der Waals surface area contributed by atoms with Crippen LogP contribution in [0.25, 0.3) is 0 Å². The smallest absolute Gasteiger partial charge is 0.122 e. The van der Waals surface area contributed by atoms with Crippen molar-refractivity contribution in [3.63, 3.8) is 0 Å². The lowest BCUT2D eigenvalue weighted by Crippen LogP contribution is -2.10. The Morgan fingerprint density at radius 3 is 2.42 bits per heavy atom. The van der Waals surface area contributed by atoms with Crippen LogP contribution in [0.2, 0.25) is 0 Å². The van der Waals surface area contributed by atoms with E-state index < -0.39 is 0 Å². The van der Waals surface area contributed by atoms with Crippen LogP contribution in [0, 0.1) is 12.3 Å². The van der Waals surface area contributed by atoms with E-state index in [2.05, 4.69) is 15.9 Å². The molecule has 0 heterocycles. The minimum absolute atomic E-state index is 0. The van der Waals surface area contributed by atoms with Gasteiger partial charge in [0.25, 0.3) is 0 Å². The van der Waals surface area contributed by atoms with Gasteiger partial charge in [-0.2, -0.15) is 0 Å². The van der Waals surface area contributed by atoms with Gasteiger partial charge in [0.15, 0.2) is 0 Å². The van der Waals surface area contributed by atoms with E-state index >= 15 is 0 Å². The molecular weight excluding hydrogens is 239 g/mol. The Bertz CT molecular complexity index is 279. The molecule has 2 nitrogen and oxygen atoms in total. The van der Waals surface area contributed by atoms with E-state index in [0.29, 0.717) is 0 Å². The molecule has 0 aliphatic rings. The van der Waals surface area contributed by atoms with Crippen molar-refractivity contribution in [2.24, 2.45) is 5.73 Å². The Morgan fingerprint density at radius 1 is 1.42 bits per heavy atom. The number of nitrogen functional groups attached to an aromatic ring is 1. The topological polar surface area (TPSA) is 49.9 Å². The van der Waals surface area contributed by atoms with Crippen molar-refractivity contribution in [2.45, 2.75) is 6.92 Å². The Labute approximate surface area is 86.2 Å². The average molecular weight is 250 g/mol. The van der Waals surface area contributed by atoms with E-state index in [1.54, 1.807) is 0 Å². The van der Waals surface area contributed by atoms with Gasteiger partial charge in [-0.15, -0.1) is 12.4 Å². The minimum Gasteiger partial charge on any atom is -0.384 e. The lowest BCUT2D eigenvalue weighted by atomic mass is 10.1. The maximum Gasteiger partial charge on any atom is 0.122 e. The van der Waals surface area contributed by atoms with E-state index in [1.165, 1.54) is 0 Å². The summed E-state index contributed by atoms with van der Waals surface area (Å²) in [6.45, 7) is 1.97. The number of halogens is 2. The van der Waals surface area contributed by atoms with Crippen LogP contribution in [-0.4, -0.2) is 5.84 Å². The van der Waals surface area contributed by atoms with Crippen LogP contribution in [0.15, 0.2) is 22.7 Å². The van der Waals surface area contributed by atoms with Crippen molar-refractivity contribution in [3.8, 4) is 0 Å². The second-order valence-electron chi connectivity index (χ2n) is 2.43. The quantitative estimate of drug-likeness (QED) is 0.583. The molecule has 0 atom stereocenters. The minimum atomic E-state index is 0. The number of amidine groups is 1. The normalized spacial score (nSPS) is 8.83. The van der Waals surface area contributed by atoms with E-state index in [-0.39, 0.29) is 18.2 Å². The monoisotopic (exact) mass is 248 g/mol. The first kappa shape index (κ1) is 11.5. The first-order valence-corrected chi connectivity index (χ1v) is 4.00. The second kappa shape index (κ2) is 4.48. The molecule has 0 radical (unpaired) electrons. The Kier molecular flexibility index (Phi) is 4.28. The third-order valence-electron chi connectivity index (χ3n) is 1.35. The van der Waals surface area contributed by atoms with Gasteiger partial charge in [0.05, 0.1) is 0 Å². The highest BCUT2D eigenvalue weighted by molar-refractivity contribution is 9.10. The molecule has 0 aliphatic heterocycles. The van der Waals surface area contributed by atoms with Gasteiger partial charge in [-0.3, -0.25) is 5.41 Å². The van der Waals surface area contributed by atoms with Crippen LogP contribution in [0.1, 0.15) is 11.1 Å². The Hall–Kier alpha value is -0.540. The maximum absolute atomic E-state index is 7.19. The lowest BCUT2D eigenvalue weighted by molar-refractivity contribution is 1.38. The van der Waals surface area contributed by atoms with Crippen molar-refractivity contribution < 1.29 is 0 Å². The summed E-state index contributed by atoms with van der Waals surface area (Å²) in [6.07, 6.45) is 0. The summed E-state index contributed by atoms with van der Waals surface area (Å²) >= 11 is 3.33. The summed E-state index contributed by atoms with van der Waals surface area (Å²) in [5.74, 6) is 0.106. The highest BCUT2D eigenvalue weighted by Gasteiger charge is 1.97. The molecule has 0 spiro atoms. The van der Waals surface area contributed by atoms with Crippen LogP contribution in [0.5, 0.6) is 0 Å². The summed E-state index contributed by atoms with van der Waals surface area (Å²) < 4.78 is 0.961. The fourth-order valence-electron chi connectivity index (χ4n) is 0.892. The van der Waals surface area contributed by atoms with Gasteiger partial charge in [-0.1, -0.05) is 15.9 Å². The van der Waals surface area contributed by atoms with Gasteiger partial charge in [0.2, 0.25) is 0 Å². The molecule has 12 heavy (non-hydrogen) atoms. The Morgan fingerprint density at radius 2 is 2.00 bits per heavy atom. The predicted molar refractivity (Wildman–Crippen MR) is 57.1 cm³/mol. The molecule has 0 unspecified atom stereocenters. The molecule has 66 valence electrons. The number of hydrogen-bond acceptors (Lipinski definition) is 1. The van der Waals surface area contributed by atoms with Gasteiger partial charge in [-0.05, 0) is 30.7 Å². The summed E-state index contributed by atoms with van der Waals surface area (Å²) in [6, 6.07) is 5.69. The highest BCUT2D eigenvalue weighted by atomic mass is 79.9. The van der Waals surface area contributed by atoms with Crippen LogP contribution in [0.4, 0.5) is 0 Å². The number of rotatable bonds is 1. The number of benzene rings is 1. The molecule has 0 amide bonds. The number of aryl methyl sites for hydroxylation is 1. The van der Waals surface area contributed by atoms with E-state index in [4.69, 9.17) is 11.1 Å². The summed E-state index contributed by atoms with van der Waals surface area (Å²) in [5.41, 5.74) is 7.18. The van der Waals surface area contributed by atoms with Crippen LogP contribution in [0.3, 0.4) is 0 Å². The third kappa shape index (κ3) is 2.83. The Balaban J connectivity index is 0.00000121. The van der Waals surface area contributed by atoms with Crippen LogP contribution >= 0.6 is 28.3 Å². The first-order valence-electron chi connectivity index (χ1n) is 3.21. The molecule has 0 saturated carbocycles. The molecule has 4 heteroatoms. The van der Waals surface area contributed by atoms with Gasteiger partial charge in [-0.25, -0.2) is 0 Å². The fourth-order valence-corrected chi connectivity index (χ4v) is 1.50. The molecule has 1 aromatic rings. The summed E-state index contributed by atoms with van der Waals surface area (Å²) in [7, 11) is 0. The van der Waals surface area contributed by atoms with Crippen LogP contribution in [-0.2, 0) is 0 Å². The van der Waals surface area contributed by atoms with Gasteiger partial charge < -0.3 is 5.73 Å². The zero-order valence-corrected chi connectivity index (χ0v) is 9.00. The van der Waals surface area contributed by atoms with Crippen molar-refractivity contribution in [1.29, 1.82) is 5.41 Å². The second-order valence-corrected chi connectivity index (χ2v) is 3.35. The molecule has 1 aromatic carbocycles. The molecule has 0 saturated heterocycles. The predicted octanol–water partition coefficient (Wildman–Crippen LogP) is 2.46. The summed E-state index contributed by atoms with van der Waals surface area (Å²) in [4.78, 5) is 0. The zero-order valence-electron chi connectivity index (χ0n) is 6.60. The van der Waals surface area contributed by atoms with Crippen LogP contribution < -0.4 is 5.73 Å². The van der Waals surface area contributed by atoms with Gasteiger partial charge in [0.1, 0.15) is 5.84 Å². The number of nitrogens with one attached hydrogen (secondary N) is 1. The van der Waals surface area contributed by atoms with E-state index in [9.17, 15) is 0 Å². The van der Waals surface area contributed by atoms with Crippen molar-refractivity contribution in [2.75, 3.05) is 0 Å². The molecule has 0 aliphatic carbocycles. The van der Waals surface area contributed by atoms with Crippen molar-refractivity contribution in [3.05, 3.63) is 33.8 Å². The first-order chi connectivity index (χ1) is 5.09. The molecular formula is C8H10BrClN2. The maximum atomic E-state index is 7.19. The average Bonchev–Trinajstić information content (AvgIpc) is 1.85. The number of nitrogens with two attached hydrogens (primary N) is 1. The molecule has 0 fully saturated rings. The van der Waals surface area contributed by atoms with E-state index in [0.717, 1.165) is 15.6 Å². The van der Waals surface area contributed by atoms with Crippen molar-refractivity contribution in [1.82, 2.24) is 0 Å².